The summed E-state index contributed by atoms with van der Waals surface area (Å²) < 4.78 is 5.55. The molecule has 0 spiro atoms. The highest BCUT2D eigenvalue weighted by molar-refractivity contribution is 5.83. The lowest BCUT2D eigenvalue weighted by Crippen LogP contribution is -2.44. The van der Waals surface area contributed by atoms with Crippen molar-refractivity contribution in [3.63, 3.8) is 0 Å². The predicted octanol–water partition coefficient (Wildman–Crippen LogP) is 3.02. The summed E-state index contributed by atoms with van der Waals surface area (Å²) in [7, 11) is 0. The molecule has 0 fully saturated rings. The summed E-state index contributed by atoms with van der Waals surface area (Å²) in [6, 6.07) is 15.6. The molecule has 0 aromatic heterocycles. The van der Waals surface area contributed by atoms with E-state index in [9.17, 15) is 9.59 Å². The van der Waals surface area contributed by atoms with Gasteiger partial charge < -0.3 is 4.74 Å². The molecule has 0 radical (unpaired) electrons. The van der Waals surface area contributed by atoms with Crippen LogP contribution in [0.1, 0.15) is 36.0 Å². The number of carbonyl (C=O) groups is 2. The van der Waals surface area contributed by atoms with Crippen LogP contribution in [-0.4, -0.2) is 18.4 Å². The zero-order valence-electron chi connectivity index (χ0n) is 14.8. The van der Waals surface area contributed by atoms with Crippen LogP contribution in [0.15, 0.2) is 48.5 Å². The third kappa shape index (κ3) is 5.64. The molecule has 2 aromatic carbocycles. The number of carbonyl (C=O) groups excluding carboxylic acids is 2. The molecular formula is C20H24N2O3. The molecule has 0 bridgehead atoms. The molecule has 2 amide bonds. The molecular weight excluding hydrogens is 316 g/mol. The summed E-state index contributed by atoms with van der Waals surface area (Å²) in [4.78, 5) is 23.8. The molecule has 0 aliphatic carbocycles. The van der Waals surface area contributed by atoms with Crippen molar-refractivity contribution < 1.29 is 14.3 Å². The van der Waals surface area contributed by atoms with Crippen LogP contribution in [0.5, 0.6) is 5.75 Å². The van der Waals surface area contributed by atoms with E-state index in [0.717, 1.165) is 16.7 Å². The number of ether oxygens (including phenoxy) is 1. The number of para-hydroxylation sites is 1. The quantitative estimate of drug-likeness (QED) is 0.794. The Morgan fingerprint density at radius 3 is 2.16 bits per heavy atom. The Kier molecular flexibility index (Phi) is 6.57. The van der Waals surface area contributed by atoms with Crippen molar-refractivity contribution >= 4 is 11.8 Å². The molecule has 2 N–H and O–H groups in total. The summed E-state index contributed by atoms with van der Waals surface area (Å²) in [6.07, 6.45) is 0.294. The van der Waals surface area contributed by atoms with E-state index in [1.807, 2.05) is 69.3 Å². The molecule has 0 aliphatic heterocycles. The maximum atomic E-state index is 11.9. The van der Waals surface area contributed by atoms with Gasteiger partial charge in [0.1, 0.15) is 5.75 Å². The van der Waals surface area contributed by atoms with E-state index < -0.39 is 5.91 Å². The van der Waals surface area contributed by atoms with Crippen molar-refractivity contribution in [2.75, 3.05) is 6.61 Å². The Hall–Kier alpha value is -2.82. The first-order valence-electron chi connectivity index (χ1n) is 8.29. The molecule has 2 rings (SSSR count). The fraction of sp³-hybridized carbons (Fsp3) is 0.300. The van der Waals surface area contributed by atoms with E-state index in [0.29, 0.717) is 12.2 Å². The number of hydrazine groups is 1. The Morgan fingerprint density at radius 1 is 0.920 bits per heavy atom. The molecule has 0 heterocycles. The van der Waals surface area contributed by atoms with Crippen LogP contribution in [0.3, 0.4) is 0 Å². The minimum atomic E-state index is -0.400. The van der Waals surface area contributed by atoms with E-state index in [1.54, 1.807) is 0 Å². The maximum absolute atomic E-state index is 11.9. The third-order valence-electron chi connectivity index (χ3n) is 3.96. The second-order valence-electron chi connectivity index (χ2n) is 6.12. The van der Waals surface area contributed by atoms with Gasteiger partial charge in [-0.1, -0.05) is 55.5 Å². The minimum Gasteiger partial charge on any atom is -0.483 e. The summed E-state index contributed by atoms with van der Waals surface area (Å²) in [5.41, 5.74) is 7.83. The number of aryl methyl sites for hydroxylation is 2. The van der Waals surface area contributed by atoms with Gasteiger partial charge in [0.25, 0.3) is 5.91 Å². The Bertz CT molecular complexity index is 709. The molecule has 0 aliphatic rings. The summed E-state index contributed by atoms with van der Waals surface area (Å²) in [6.45, 7) is 5.67. The lowest BCUT2D eigenvalue weighted by atomic mass is 9.98. The van der Waals surface area contributed by atoms with E-state index in [4.69, 9.17) is 4.74 Å². The van der Waals surface area contributed by atoms with Crippen molar-refractivity contribution in [3.05, 3.63) is 65.2 Å². The summed E-state index contributed by atoms with van der Waals surface area (Å²) >= 11 is 0. The van der Waals surface area contributed by atoms with Crippen molar-refractivity contribution in [1.29, 1.82) is 0 Å². The lowest BCUT2D eigenvalue weighted by Gasteiger charge is -2.14. The second-order valence-corrected chi connectivity index (χ2v) is 6.12. The molecule has 1 atom stereocenters. The molecule has 0 saturated heterocycles. The average Bonchev–Trinajstić information content (AvgIpc) is 2.60. The molecule has 5 heteroatoms. The molecule has 25 heavy (non-hydrogen) atoms. The number of nitrogens with one attached hydrogen (secondary N) is 2. The van der Waals surface area contributed by atoms with Crippen LogP contribution in [-0.2, 0) is 9.59 Å². The fourth-order valence-electron chi connectivity index (χ4n) is 2.57. The van der Waals surface area contributed by atoms with Crippen LogP contribution in [0.4, 0.5) is 0 Å². The lowest BCUT2D eigenvalue weighted by molar-refractivity contribution is -0.130. The molecule has 2 aromatic rings. The standard InChI is InChI=1S/C20H24N2O3/c1-14-8-7-9-15(2)20(14)25-13-19(24)22-21-18(23)12-16(3)17-10-5-4-6-11-17/h4-11,16H,12-13H2,1-3H3,(H,21,23)(H,22,24)/t16-/m0/s1. The van der Waals surface area contributed by atoms with Crippen LogP contribution < -0.4 is 15.6 Å². The first-order chi connectivity index (χ1) is 12.0. The van der Waals surface area contributed by atoms with Crippen LogP contribution in [0.2, 0.25) is 0 Å². The fourth-order valence-corrected chi connectivity index (χ4v) is 2.57. The van der Waals surface area contributed by atoms with Crippen molar-refractivity contribution in [1.82, 2.24) is 10.9 Å². The highest BCUT2D eigenvalue weighted by atomic mass is 16.5. The van der Waals surface area contributed by atoms with Gasteiger partial charge in [0.05, 0.1) is 0 Å². The minimum absolute atomic E-state index is 0.0731. The molecule has 0 saturated carbocycles. The van der Waals surface area contributed by atoms with Crippen molar-refractivity contribution in [2.45, 2.75) is 33.1 Å². The normalized spacial score (nSPS) is 11.5. The van der Waals surface area contributed by atoms with Gasteiger partial charge in [-0.2, -0.15) is 0 Å². The van der Waals surface area contributed by atoms with Crippen molar-refractivity contribution in [3.8, 4) is 5.75 Å². The van der Waals surface area contributed by atoms with Gasteiger partial charge in [-0.15, -0.1) is 0 Å². The van der Waals surface area contributed by atoms with E-state index in [-0.39, 0.29) is 18.4 Å². The zero-order chi connectivity index (χ0) is 18.2. The second kappa shape index (κ2) is 8.87. The average molecular weight is 340 g/mol. The number of benzene rings is 2. The van der Waals surface area contributed by atoms with Gasteiger partial charge in [-0.25, -0.2) is 0 Å². The molecule has 5 nitrogen and oxygen atoms in total. The maximum Gasteiger partial charge on any atom is 0.276 e. The molecule has 132 valence electrons. The summed E-state index contributed by atoms with van der Waals surface area (Å²) in [5, 5.41) is 0. The molecule has 0 unspecified atom stereocenters. The van der Waals surface area contributed by atoms with Gasteiger partial charge in [-0.05, 0) is 36.5 Å². The number of hydrogen-bond acceptors (Lipinski definition) is 3. The number of amides is 2. The highest BCUT2D eigenvalue weighted by Gasteiger charge is 2.12. The Balaban J connectivity index is 1.75. The highest BCUT2D eigenvalue weighted by Crippen LogP contribution is 2.22. The predicted molar refractivity (Wildman–Crippen MR) is 97.2 cm³/mol. The van der Waals surface area contributed by atoms with E-state index in [1.165, 1.54) is 0 Å². The largest absolute Gasteiger partial charge is 0.483 e. The van der Waals surface area contributed by atoms with E-state index >= 15 is 0 Å². The topological polar surface area (TPSA) is 67.4 Å². The first-order valence-corrected chi connectivity index (χ1v) is 8.29. The van der Waals surface area contributed by atoms with Gasteiger partial charge in [0.15, 0.2) is 6.61 Å². The van der Waals surface area contributed by atoms with Crippen LogP contribution in [0, 0.1) is 13.8 Å². The Labute approximate surface area is 148 Å². The number of rotatable bonds is 6. The number of hydrogen-bond donors (Lipinski definition) is 2. The van der Waals surface area contributed by atoms with Crippen molar-refractivity contribution in [2.24, 2.45) is 0 Å². The van der Waals surface area contributed by atoms with Gasteiger partial charge >= 0.3 is 0 Å². The Morgan fingerprint density at radius 2 is 1.52 bits per heavy atom. The first kappa shape index (κ1) is 18.5. The smallest absolute Gasteiger partial charge is 0.276 e. The van der Waals surface area contributed by atoms with Gasteiger partial charge in [-0.3, -0.25) is 20.4 Å². The SMILES string of the molecule is Cc1cccc(C)c1OCC(=O)NNC(=O)C[C@H](C)c1ccccc1. The third-order valence-corrected chi connectivity index (χ3v) is 3.96. The van der Waals surface area contributed by atoms with Crippen LogP contribution in [0.25, 0.3) is 0 Å². The zero-order valence-corrected chi connectivity index (χ0v) is 14.8. The van der Waals surface area contributed by atoms with Gasteiger partial charge in [0, 0.05) is 6.42 Å². The summed E-state index contributed by atoms with van der Waals surface area (Å²) in [5.74, 6) is 0.130. The monoisotopic (exact) mass is 340 g/mol. The van der Waals surface area contributed by atoms with Crippen LogP contribution >= 0.6 is 0 Å². The van der Waals surface area contributed by atoms with Gasteiger partial charge in [0.2, 0.25) is 5.91 Å². The van der Waals surface area contributed by atoms with E-state index in [2.05, 4.69) is 10.9 Å².